The molecule has 2 unspecified atom stereocenters. The van der Waals surface area contributed by atoms with Crippen molar-refractivity contribution >= 4 is 11.3 Å². The van der Waals surface area contributed by atoms with Gasteiger partial charge in [-0.25, -0.2) is 0 Å². The molecule has 0 bridgehead atoms. The lowest BCUT2D eigenvalue weighted by atomic mass is 9.65. The quantitative estimate of drug-likeness (QED) is 0.849. The minimum Gasteiger partial charge on any atom is -0.319 e. The van der Waals surface area contributed by atoms with Crippen molar-refractivity contribution in [3.63, 3.8) is 0 Å². The van der Waals surface area contributed by atoms with Crippen LogP contribution >= 0.6 is 11.3 Å². The predicted molar refractivity (Wildman–Crippen MR) is 76.8 cm³/mol. The van der Waals surface area contributed by atoms with Crippen molar-refractivity contribution in [2.75, 3.05) is 13.6 Å². The van der Waals surface area contributed by atoms with Crippen LogP contribution in [0.5, 0.6) is 0 Å². The third-order valence-electron chi connectivity index (χ3n) is 4.18. The lowest BCUT2D eigenvalue weighted by molar-refractivity contribution is 0.161. The molecule has 0 aromatic carbocycles. The van der Waals surface area contributed by atoms with Crippen molar-refractivity contribution in [2.24, 2.45) is 11.3 Å². The van der Waals surface area contributed by atoms with Gasteiger partial charge in [-0.2, -0.15) is 0 Å². The molecule has 1 nitrogen and oxygen atoms in total. The Kier molecular flexibility index (Phi) is 3.94. The Morgan fingerprint density at radius 2 is 2.24 bits per heavy atom. The van der Waals surface area contributed by atoms with Gasteiger partial charge >= 0.3 is 0 Å². The van der Waals surface area contributed by atoms with Crippen molar-refractivity contribution in [2.45, 2.75) is 46.0 Å². The lowest BCUT2D eigenvalue weighted by Gasteiger charge is -2.40. The van der Waals surface area contributed by atoms with E-state index in [0.29, 0.717) is 5.41 Å². The normalized spacial score (nSPS) is 28.2. The Hall–Kier alpha value is -0.340. The van der Waals surface area contributed by atoms with E-state index >= 15 is 0 Å². The van der Waals surface area contributed by atoms with E-state index in [1.807, 2.05) is 11.3 Å². The average Bonchev–Trinajstić information content (AvgIpc) is 2.67. The molecule has 1 N–H and O–H groups in total. The molecule has 0 spiro atoms. The van der Waals surface area contributed by atoms with Crippen LogP contribution in [0.15, 0.2) is 11.4 Å². The van der Waals surface area contributed by atoms with Gasteiger partial charge in [-0.15, -0.1) is 11.3 Å². The lowest BCUT2D eigenvalue weighted by Crippen LogP contribution is -2.33. The fourth-order valence-electron chi connectivity index (χ4n) is 3.20. The Bertz CT molecular complexity index is 367. The Morgan fingerprint density at radius 3 is 2.82 bits per heavy atom. The summed E-state index contributed by atoms with van der Waals surface area (Å²) >= 11 is 1.90. The average molecular weight is 251 g/mol. The van der Waals surface area contributed by atoms with Crippen LogP contribution in [0.1, 0.15) is 49.5 Å². The third-order valence-corrected chi connectivity index (χ3v) is 5.06. The summed E-state index contributed by atoms with van der Waals surface area (Å²) in [5.74, 6) is 1.58. The molecule has 1 fully saturated rings. The molecule has 1 saturated carbocycles. The predicted octanol–water partition coefficient (Wildman–Crippen LogP) is 4.19. The minimum absolute atomic E-state index is 0.519. The van der Waals surface area contributed by atoms with Crippen molar-refractivity contribution in [1.29, 1.82) is 0 Å². The Morgan fingerprint density at radius 1 is 1.47 bits per heavy atom. The fourth-order valence-corrected chi connectivity index (χ4v) is 3.97. The monoisotopic (exact) mass is 251 g/mol. The smallest absolute Gasteiger partial charge is 0.00171 e. The van der Waals surface area contributed by atoms with Gasteiger partial charge in [-0.1, -0.05) is 13.8 Å². The van der Waals surface area contributed by atoms with E-state index < -0.39 is 0 Å². The number of thiophene rings is 1. The Labute approximate surface area is 110 Å². The first-order chi connectivity index (χ1) is 8.02. The highest BCUT2D eigenvalue weighted by atomic mass is 32.1. The molecular formula is C15H25NS. The molecule has 1 aliphatic carbocycles. The van der Waals surface area contributed by atoms with Crippen LogP contribution in [-0.2, 0) is 0 Å². The van der Waals surface area contributed by atoms with Crippen LogP contribution in [-0.4, -0.2) is 13.6 Å². The molecular weight excluding hydrogens is 226 g/mol. The number of hydrogen-bond donors (Lipinski definition) is 1. The first-order valence-corrected chi connectivity index (χ1v) is 7.59. The molecule has 96 valence electrons. The van der Waals surface area contributed by atoms with Crippen LogP contribution in [0.25, 0.3) is 0 Å². The number of hydrogen-bond acceptors (Lipinski definition) is 2. The summed E-state index contributed by atoms with van der Waals surface area (Å²) in [6.07, 6.45) is 4.09. The van der Waals surface area contributed by atoms with Gasteiger partial charge in [0, 0.05) is 4.88 Å². The standard InChI is InChI=1S/C15H25NS/c1-11-7-13(10-17-11)14-8-15(2,3)6-5-12(14)9-16-4/h7,10,12,14,16H,5-6,8-9H2,1-4H3. The van der Waals surface area contributed by atoms with Crippen molar-refractivity contribution in [1.82, 2.24) is 5.32 Å². The van der Waals surface area contributed by atoms with Gasteiger partial charge in [0.25, 0.3) is 0 Å². The molecule has 0 amide bonds. The second-order valence-electron chi connectivity index (χ2n) is 6.32. The molecule has 2 heteroatoms. The van der Waals surface area contributed by atoms with E-state index in [1.165, 1.54) is 24.1 Å². The van der Waals surface area contributed by atoms with E-state index in [0.717, 1.165) is 18.4 Å². The Balaban J connectivity index is 2.18. The van der Waals surface area contributed by atoms with E-state index in [4.69, 9.17) is 0 Å². The number of aryl methyl sites for hydroxylation is 1. The molecule has 0 radical (unpaired) electrons. The SMILES string of the molecule is CNCC1CCC(C)(C)CC1c1csc(C)c1. The third kappa shape index (κ3) is 3.11. The topological polar surface area (TPSA) is 12.0 Å². The molecule has 17 heavy (non-hydrogen) atoms. The molecule has 1 aromatic rings. The summed E-state index contributed by atoms with van der Waals surface area (Å²) in [6.45, 7) is 8.23. The summed E-state index contributed by atoms with van der Waals surface area (Å²) in [7, 11) is 2.08. The van der Waals surface area contributed by atoms with Gasteiger partial charge in [-0.05, 0) is 74.0 Å². The van der Waals surface area contributed by atoms with Gasteiger partial charge in [0.15, 0.2) is 0 Å². The molecule has 1 aliphatic rings. The highest BCUT2D eigenvalue weighted by Gasteiger charge is 2.35. The highest BCUT2D eigenvalue weighted by Crippen LogP contribution is 2.47. The summed E-state index contributed by atoms with van der Waals surface area (Å²) in [6, 6.07) is 2.40. The van der Waals surface area contributed by atoms with Crippen LogP contribution in [0.2, 0.25) is 0 Å². The first kappa shape index (κ1) is 13.1. The molecule has 0 aliphatic heterocycles. The molecule has 1 aromatic heterocycles. The van der Waals surface area contributed by atoms with Crippen molar-refractivity contribution < 1.29 is 0 Å². The molecule has 0 saturated heterocycles. The maximum absolute atomic E-state index is 3.37. The zero-order chi connectivity index (χ0) is 12.5. The van der Waals surface area contributed by atoms with Crippen molar-refractivity contribution in [3.8, 4) is 0 Å². The second-order valence-corrected chi connectivity index (χ2v) is 7.44. The van der Waals surface area contributed by atoms with Gasteiger partial charge in [-0.3, -0.25) is 0 Å². The van der Waals surface area contributed by atoms with E-state index in [9.17, 15) is 0 Å². The van der Waals surface area contributed by atoms with Crippen LogP contribution in [0, 0.1) is 18.3 Å². The zero-order valence-electron chi connectivity index (χ0n) is 11.5. The van der Waals surface area contributed by atoms with Gasteiger partial charge in [0.2, 0.25) is 0 Å². The summed E-state index contributed by atoms with van der Waals surface area (Å²) < 4.78 is 0. The van der Waals surface area contributed by atoms with Gasteiger partial charge in [0.05, 0.1) is 0 Å². The van der Waals surface area contributed by atoms with E-state index in [-0.39, 0.29) is 0 Å². The molecule has 1 heterocycles. The molecule has 2 atom stereocenters. The van der Waals surface area contributed by atoms with Crippen LogP contribution < -0.4 is 5.32 Å². The summed E-state index contributed by atoms with van der Waals surface area (Å²) in [5.41, 5.74) is 2.10. The van der Waals surface area contributed by atoms with Crippen molar-refractivity contribution in [3.05, 3.63) is 21.9 Å². The fraction of sp³-hybridized carbons (Fsp3) is 0.733. The van der Waals surface area contributed by atoms with E-state index in [2.05, 4.69) is 44.6 Å². The van der Waals surface area contributed by atoms with Crippen LogP contribution in [0.4, 0.5) is 0 Å². The largest absolute Gasteiger partial charge is 0.319 e. The first-order valence-electron chi connectivity index (χ1n) is 6.71. The molecule has 2 rings (SSSR count). The number of nitrogens with one attached hydrogen (secondary N) is 1. The second kappa shape index (κ2) is 5.11. The number of rotatable bonds is 3. The highest BCUT2D eigenvalue weighted by molar-refractivity contribution is 7.10. The zero-order valence-corrected chi connectivity index (χ0v) is 12.4. The van der Waals surface area contributed by atoms with Gasteiger partial charge < -0.3 is 5.32 Å². The maximum Gasteiger partial charge on any atom is 0.00171 e. The van der Waals surface area contributed by atoms with E-state index in [1.54, 1.807) is 5.56 Å². The van der Waals surface area contributed by atoms with Crippen LogP contribution in [0.3, 0.4) is 0 Å². The summed E-state index contributed by atoms with van der Waals surface area (Å²) in [4.78, 5) is 1.45. The minimum atomic E-state index is 0.519. The maximum atomic E-state index is 3.37. The summed E-state index contributed by atoms with van der Waals surface area (Å²) in [5, 5.41) is 5.75. The van der Waals surface area contributed by atoms with Gasteiger partial charge in [0.1, 0.15) is 0 Å².